The first-order valence-corrected chi connectivity index (χ1v) is 15.5. The topological polar surface area (TPSA) is 125 Å². The number of amides is 1. The number of nitrogens with one attached hydrogen (secondary N) is 2. The number of anilines is 2. The van der Waals surface area contributed by atoms with Crippen LogP contribution in [0.5, 0.6) is 5.75 Å². The molecule has 3 rings (SSSR count). The Kier molecular flexibility index (Phi) is 9.08. The van der Waals surface area contributed by atoms with E-state index in [9.17, 15) is 18.3 Å². The summed E-state index contributed by atoms with van der Waals surface area (Å²) in [5, 5.41) is 18.4. The molecule has 0 aromatic heterocycles. The molecular weight excluding hydrogens is 508 g/mol. The first-order valence-electron chi connectivity index (χ1n) is 12.6. The maximum atomic E-state index is 12.8. The van der Waals surface area contributed by atoms with Crippen LogP contribution < -0.4 is 20.1 Å². The number of fused-ring (bicyclic) bond motifs is 1. The van der Waals surface area contributed by atoms with Crippen LogP contribution in [0.3, 0.4) is 0 Å². The van der Waals surface area contributed by atoms with Gasteiger partial charge in [-0.25, -0.2) is 5.14 Å². The molecule has 2 aromatic carbocycles. The second kappa shape index (κ2) is 11.5. The number of nitrogens with zero attached hydrogens (tertiary/aromatic N) is 1. The standard InChI is InChI=1S/C27H40N4O4S2/c1-7-12-31-19(15-36-6)13-21-17(2)24(30-37(28,34)35)18(3)22(25(21)31)14-27(4,5)16-29-26(33)20-10-8-9-11-23(20)32/h8-11,19,30,32H,7,12-16H2,1-6H3,(H,29,33)(H2,28,34,35). The van der Waals surface area contributed by atoms with Crippen LogP contribution in [-0.4, -0.2) is 50.6 Å². The number of carbonyl (C=O) groups is 1. The van der Waals surface area contributed by atoms with Gasteiger partial charge >= 0.3 is 0 Å². The molecule has 1 aliphatic rings. The lowest BCUT2D eigenvalue weighted by Gasteiger charge is -2.33. The summed E-state index contributed by atoms with van der Waals surface area (Å²) in [6.45, 7) is 11.5. The van der Waals surface area contributed by atoms with E-state index in [1.54, 1.807) is 18.2 Å². The average molecular weight is 549 g/mol. The number of thioether (sulfide) groups is 1. The maximum absolute atomic E-state index is 12.8. The number of phenolic OH excluding ortho intramolecular Hbond substituents is 1. The van der Waals surface area contributed by atoms with Crippen molar-refractivity contribution in [2.24, 2.45) is 10.6 Å². The Morgan fingerprint density at radius 3 is 2.51 bits per heavy atom. The average Bonchev–Trinajstić information content (AvgIpc) is 3.16. The molecule has 0 saturated heterocycles. The minimum Gasteiger partial charge on any atom is -0.507 e. The van der Waals surface area contributed by atoms with Crippen LogP contribution in [0.15, 0.2) is 24.3 Å². The van der Waals surface area contributed by atoms with Crippen LogP contribution in [0.2, 0.25) is 0 Å². The van der Waals surface area contributed by atoms with Gasteiger partial charge in [0.2, 0.25) is 0 Å². The summed E-state index contributed by atoms with van der Waals surface area (Å²) in [4.78, 5) is 15.2. The largest absolute Gasteiger partial charge is 0.507 e. The number of phenols is 1. The van der Waals surface area contributed by atoms with Crippen molar-refractivity contribution >= 4 is 39.3 Å². The Morgan fingerprint density at radius 1 is 1.24 bits per heavy atom. The third kappa shape index (κ3) is 6.72. The van der Waals surface area contributed by atoms with Gasteiger partial charge in [0.05, 0.1) is 11.3 Å². The highest BCUT2D eigenvalue weighted by Gasteiger charge is 2.36. The fraction of sp³-hybridized carbons (Fsp3) is 0.519. The monoisotopic (exact) mass is 548 g/mol. The molecule has 0 bridgehead atoms. The second-order valence-electron chi connectivity index (χ2n) is 10.6. The zero-order chi connectivity index (χ0) is 27.5. The normalized spacial score (nSPS) is 15.5. The van der Waals surface area contributed by atoms with Crippen molar-refractivity contribution in [2.75, 3.05) is 34.7 Å². The molecule has 8 nitrogen and oxygen atoms in total. The smallest absolute Gasteiger partial charge is 0.296 e. The third-order valence-electron chi connectivity index (χ3n) is 6.99. The summed E-state index contributed by atoms with van der Waals surface area (Å²) in [6, 6.07) is 6.80. The van der Waals surface area contributed by atoms with Crippen LogP contribution in [-0.2, 0) is 23.1 Å². The van der Waals surface area contributed by atoms with Crippen molar-refractivity contribution in [3.8, 4) is 5.75 Å². The lowest BCUT2D eigenvalue weighted by Crippen LogP contribution is -2.37. The van der Waals surface area contributed by atoms with E-state index >= 15 is 0 Å². The lowest BCUT2D eigenvalue weighted by atomic mass is 9.81. The predicted octanol–water partition coefficient (Wildman–Crippen LogP) is 4.13. The molecule has 1 amide bonds. The van der Waals surface area contributed by atoms with E-state index in [1.807, 2.05) is 25.6 Å². The van der Waals surface area contributed by atoms with E-state index in [-0.39, 0.29) is 22.6 Å². The first kappa shape index (κ1) is 29.1. The van der Waals surface area contributed by atoms with Gasteiger partial charge < -0.3 is 15.3 Å². The molecule has 10 heteroatoms. The lowest BCUT2D eigenvalue weighted by molar-refractivity contribution is 0.0933. The molecule has 204 valence electrons. The van der Waals surface area contributed by atoms with Crippen LogP contribution in [0.25, 0.3) is 0 Å². The van der Waals surface area contributed by atoms with Gasteiger partial charge in [-0.05, 0) is 79.2 Å². The quantitative estimate of drug-likeness (QED) is 0.335. The van der Waals surface area contributed by atoms with Gasteiger partial charge in [0.1, 0.15) is 5.75 Å². The molecule has 1 unspecified atom stereocenters. The number of hydrogen-bond donors (Lipinski definition) is 4. The van der Waals surface area contributed by atoms with Gasteiger partial charge in [-0.3, -0.25) is 9.52 Å². The summed E-state index contributed by atoms with van der Waals surface area (Å²) in [7, 11) is -3.95. The third-order valence-corrected chi connectivity index (χ3v) is 8.20. The number of rotatable bonds is 11. The molecule has 0 saturated carbocycles. The van der Waals surface area contributed by atoms with E-state index in [2.05, 4.69) is 42.0 Å². The van der Waals surface area contributed by atoms with Crippen molar-refractivity contribution in [1.29, 1.82) is 0 Å². The van der Waals surface area contributed by atoms with Crippen molar-refractivity contribution in [3.05, 3.63) is 52.1 Å². The predicted molar refractivity (Wildman–Crippen MR) is 154 cm³/mol. The van der Waals surface area contributed by atoms with Gasteiger partial charge in [-0.15, -0.1) is 0 Å². The molecule has 1 heterocycles. The molecule has 1 aliphatic heterocycles. The van der Waals surface area contributed by atoms with Crippen LogP contribution in [0.4, 0.5) is 11.4 Å². The molecule has 0 fully saturated rings. The van der Waals surface area contributed by atoms with Gasteiger partial charge in [0.25, 0.3) is 16.1 Å². The Hall–Kier alpha value is -2.43. The highest BCUT2D eigenvalue weighted by molar-refractivity contribution is 7.98. The second-order valence-corrected chi connectivity index (χ2v) is 12.8. The Balaban J connectivity index is 2.02. The molecular formula is C27H40N4O4S2. The van der Waals surface area contributed by atoms with Crippen LogP contribution in [0, 0.1) is 19.3 Å². The Bertz CT molecular complexity index is 1260. The summed E-state index contributed by atoms with van der Waals surface area (Å²) in [5.41, 5.74) is 5.63. The highest BCUT2D eigenvalue weighted by Crippen LogP contribution is 2.46. The molecule has 1 atom stereocenters. The first-order chi connectivity index (χ1) is 17.3. The van der Waals surface area contributed by atoms with Crippen LogP contribution in [0.1, 0.15) is 59.8 Å². The van der Waals surface area contributed by atoms with E-state index in [0.29, 0.717) is 24.7 Å². The van der Waals surface area contributed by atoms with Crippen molar-refractivity contribution in [2.45, 2.75) is 59.9 Å². The molecule has 0 spiro atoms. The zero-order valence-electron chi connectivity index (χ0n) is 22.6. The zero-order valence-corrected chi connectivity index (χ0v) is 24.3. The number of aromatic hydroxyl groups is 1. The molecule has 2 aromatic rings. The Labute approximate surface area is 225 Å². The number of nitrogens with two attached hydrogens (primary N) is 1. The van der Waals surface area contributed by atoms with Gasteiger partial charge in [0.15, 0.2) is 0 Å². The number of hydrogen-bond acceptors (Lipinski definition) is 6. The van der Waals surface area contributed by atoms with Crippen molar-refractivity contribution in [1.82, 2.24) is 5.32 Å². The van der Waals surface area contributed by atoms with Crippen molar-refractivity contribution < 1.29 is 18.3 Å². The molecule has 0 aliphatic carbocycles. The molecule has 5 N–H and O–H groups in total. The minimum absolute atomic E-state index is 0.0567. The highest BCUT2D eigenvalue weighted by atomic mass is 32.2. The molecule has 37 heavy (non-hydrogen) atoms. The fourth-order valence-corrected chi connectivity index (χ4v) is 6.53. The van der Waals surface area contributed by atoms with E-state index in [4.69, 9.17) is 5.14 Å². The number of carbonyl (C=O) groups excluding carboxylic acids is 1. The Morgan fingerprint density at radius 2 is 1.92 bits per heavy atom. The summed E-state index contributed by atoms with van der Waals surface area (Å²) in [6.07, 6.45) is 4.57. The molecule has 0 radical (unpaired) electrons. The van der Waals surface area contributed by atoms with Gasteiger partial charge in [-0.2, -0.15) is 20.2 Å². The SMILES string of the molecule is CCCN1c2c(c(C)c(NS(N)(=O)=O)c(C)c2CC(C)(C)CNC(=O)c2ccccc2O)CC1CSC. The van der Waals surface area contributed by atoms with Gasteiger partial charge in [-0.1, -0.05) is 32.9 Å². The summed E-state index contributed by atoms with van der Waals surface area (Å²) < 4.78 is 26.7. The number of para-hydroxylation sites is 1. The summed E-state index contributed by atoms with van der Waals surface area (Å²) in [5.74, 6) is 0.588. The van der Waals surface area contributed by atoms with E-state index in [1.165, 1.54) is 11.8 Å². The fourth-order valence-electron chi connectivity index (χ4n) is 5.25. The maximum Gasteiger partial charge on any atom is 0.296 e. The van der Waals surface area contributed by atoms with Gasteiger partial charge in [0, 0.05) is 30.6 Å². The van der Waals surface area contributed by atoms with Crippen molar-refractivity contribution in [3.63, 3.8) is 0 Å². The van der Waals surface area contributed by atoms with E-state index in [0.717, 1.165) is 47.4 Å². The van der Waals surface area contributed by atoms with Crippen LogP contribution >= 0.6 is 11.8 Å². The minimum atomic E-state index is -3.95. The summed E-state index contributed by atoms with van der Waals surface area (Å²) >= 11 is 1.81. The number of benzene rings is 2. The van der Waals surface area contributed by atoms with E-state index < -0.39 is 10.2 Å².